The topological polar surface area (TPSA) is 78.0 Å². The molecule has 0 N–H and O–H groups in total. The van der Waals surface area contributed by atoms with Gasteiger partial charge in [-0.15, -0.1) is 0 Å². The van der Waals surface area contributed by atoms with Crippen LogP contribution in [0.2, 0.25) is 0 Å². The first-order chi connectivity index (χ1) is 8.95. The van der Waals surface area contributed by atoms with Crippen molar-refractivity contribution >= 4 is 27.9 Å². The molecular formula is C11H7BrFN3O3. The number of halogens is 2. The molecule has 0 unspecified atom stereocenters. The van der Waals surface area contributed by atoms with Crippen molar-refractivity contribution in [3.8, 4) is 11.3 Å². The van der Waals surface area contributed by atoms with E-state index in [-0.39, 0.29) is 22.5 Å². The second-order valence-corrected chi connectivity index (χ2v) is 4.47. The maximum Gasteiger partial charge on any atom is 0.270 e. The monoisotopic (exact) mass is 327 g/mol. The Labute approximate surface area is 115 Å². The number of hydrogen-bond donors (Lipinski definition) is 0. The Morgan fingerprint density at radius 2 is 2.21 bits per heavy atom. The molecule has 98 valence electrons. The number of aryl methyl sites for hydroxylation is 1. The average molecular weight is 328 g/mol. The zero-order valence-electron chi connectivity index (χ0n) is 9.63. The lowest BCUT2D eigenvalue weighted by Crippen LogP contribution is -1.94. The number of aromatic nitrogens is 2. The van der Waals surface area contributed by atoms with Gasteiger partial charge >= 0.3 is 0 Å². The van der Waals surface area contributed by atoms with Gasteiger partial charge in [-0.1, -0.05) is 0 Å². The third kappa shape index (κ3) is 2.26. The maximum absolute atomic E-state index is 13.8. The molecule has 8 heteroatoms. The Kier molecular flexibility index (Phi) is 3.43. The Hall–Kier alpha value is -2.09. The molecule has 2 rings (SSSR count). The minimum atomic E-state index is -0.681. The number of benzene rings is 1. The number of nitro groups is 1. The largest absolute Gasteiger partial charge is 0.298 e. The van der Waals surface area contributed by atoms with Crippen LogP contribution in [0, 0.1) is 15.9 Å². The average Bonchev–Trinajstić information content (AvgIpc) is 2.65. The second-order valence-electron chi connectivity index (χ2n) is 3.72. The van der Waals surface area contributed by atoms with Crippen LogP contribution >= 0.6 is 15.9 Å². The molecule has 2 aromatic rings. The number of nitro benzene ring substituents is 1. The molecule has 0 saturated heterocycles. The molecule has 1 aromatic carbocycles. The molecule has 6 nitrogen and oxygen atoms in total. The van der Waals surface area contributed by atoms with Crippen molar-refractivity contribution in [3.63, 3.8) is 0 Å². The summed E-state index contributed by atoms with van der Waals surface area (Å²) in [6, 6.07) is 3.08. The summed E-state index contributed by atoms with van der Waals surface area (Å²) >= 11 is 3.14. The summed E-state index contributed by atoms with van der Waals surface area (Å²) in [5.41, 5.74) is -0.153. The summed E-state index contributed by atoms with van der Waals surface area (Å²) in [4.78, 5) is 21.1. The van der Waals surface area contributed by atoms with Gasteiger partial charge in [0.2, 0.25) is 0 Å². The first-order valence-electron chi connectivity index (χ1n) is 5.07. The third-order valence-electron chi connectivity index (χ3n) is 2.55. The highest BCUT2D eigenvalue weighted by Gasteiger charge is 2.20. The van der Waals surface area contributed by atoms with Crippen LogP contribution in [0.4, 0.5) is 10.1 Å². The lowest BCUT2D eigenvalue weighted by Gasteiger charge is -2.00. The molecule has 0 aliphatic heterocycles. The maximum atomic E-state index is 13.8. The quantitative estimate of drug-likeness (QED) is 0.493. The summed E-state index contributed by atoms with van der Waals surface area (Å²) in [5.74, 6) is -0.681. The predicted octanol–water partition coefficient (Wildman–Crippen LogP) is 2.71. The number of non-ortho nitro benzene ring substituents is 1. The Bertz CT molecular complexity index is 684. The smallest absolute Gasteiger partial charge is 0.270 e. The molecule has 19 heavy (non-hydrogen) atoms. The minimum absolute atomic E-state index is 0.0607. The summed E-state index contributed by atoms with van der Waals surface area (Å²) in [6.07, 6.45) is 0.519. The molecule has 1 aromatic heterocycles. The van der Waals surface area contributed by atoms with E-state index < -0.39 is 10.7 Å². The minimum Gasteiger partial charge on any atom is -0.298 e. The van der Waals surface area contributed by atoms with Gasteiger partial charge in [-0.25, -0.2) is 4.39 Å². The van der Waals surface area contributed by atoms with Crippen molar-refractivity contribution in [1.29, 1.82) is 0 Å². The lowest BCUT2D eigenvalue weighted by molar-refractivity contribution is -0.384. The van der Waals surface area contributed by atoms with E-state index in [2.05, 4.69) is 21.0 Å². The van der Waals surface area contributed by atoms with Crippen LogP contribution in [0.15, 0.2) is 22.8 Å². The van der Waals surface area contributed by atoms with Crippen LogP contribution in [0.5, 0.6) is 0 Å². The molecule has 0 radical (unpaired) electrons. The number of carbonyl (C=O) groups is 1. The summed E-state index contributed by atoms with van der Waals surface area (Å²) in [5, 5.41) is 14.7. The molecule has 0 spiro atoms. The first-order valence-corrected chi connectivity index (χ1v) is 5.87. The molecule has 0 aliphatic rings. The number of hydrogen-bond acceptors (Lipinski definition) is 4. The van der Waals surface area contributed by atoms with Gasteiger partial charge in [0.25, 0.3) is 5.69 Å². The highest BCUT2D eigenvalue weighted by molar-refractivity contribution is 9.10. The van der Waals surface area contributed by atoms with Crippen LogP contribution in [0.3, 0.4) is 0 Å². The number of aldehydes is 1. The van der Waals surface area contributed by atoms with E-state index in [4.69, 9.17) is 0 Å². The van der Waals surface area contributed by atoms with E-state index in [0.717, 1.165) is 18.2 Å². The van der Waals surface area contributed by atoms with Gasteiger partial charge in [-0.2, -0.15) is 5.10 Å². The number of carbonyl (C=O) groups excluding carboxylic acids is 1. The van der Waals surface area contributed by atoms with Crippen molar-refractivity contribution in [3.05, 3.63) is 44.3 Å². The second kappa shape index (κ2) is 4.88. The number of nitrogens with zero attached hydrogens (tertiary/aromatic N) is 3. The van der Waals surface area contributed by atoms with Crippen molar-refractivity contribution < 1.29 is 14.1 Å². The number of rotatable bonds is 3. The SMILES string of the molecule is Cn1nc(-c2cc([N+](=O)[O-])ccc2F)c(C=O)c1Br. The van der Waals surface area contributed by atoms with Gasteiger partial charge in [0, 0.05) is 24.7 Å². The fourth-order valence-electron chi connectivity index (χ4n) is 1.63. The molecule has 0 amide bonds. The zero-order valence-corrected chi connectivity index (χ0v) is 11.2. The van der Waals surface area contributed by atoms with E-state index >= 15 is 0 Å². The van der Waals surface area contributed by atoms with E-state index in [1.807, 2.05) is 0 Å². The normalized spacial score (nSPS) is 10.5. The van der Waals surface area contributed by atoms with Crippen molar-refractivity contribution in [2.75, 3.05) is 0 Å². The van der Waals surface area contributed by atoms with E-state index in [1.54, 1.807) is 7.05 Å². The lowest BCUT2D eigenvalue weighted by atomic mass is 10.1. The van der Waals surface area contributed by atoms with Gasteiger partial charge in [0.15, 0.2) is 6.29 Å². The molecule has 1 heterocycles. The van der Waals surface area contributed by atoms with Crippen LogP contribution < -0.4 is 0 Å². The highest BCUT2D eigenvalue weighted by Crippen LogP contribution is 2.31. The summed E-state index contributed by atoms with van der Waals surface area (Å²) in [7, 11) is 1.57. The third-order valence-corrected chi connectivity index (χ3v) is 3.49. The molecular weight excluding hydrogens is 321 g/mol. The molecule has 0 saturated carbocycles. The molecule has 0 atom stereocenters. The van der Waals surface area contributed by atoms with Gasteiger partial charge in [-0.3, -0.25) is 19.6 Å². The molecule has 0 aliphatic carbocycles. The molecule has 0 fully saturated rings. The zero-order chi connectivity index (χ0) is 14.2. The molecule has 0 bridgehead atoms. The van der Waals surface area contributed by atoms with Crippen molar-refractivity contribution in [2.45, 2.75) is 0 Å². The van der Waals surface area contributed by atoms with Crippen LogP contribution in [0.1, 0.15) is 10.4 Å². The van der Waals surface area contributed by atoms with E-state index in [1.165, 1.54) is 4.68 Å². The van der Waals surface area contributed by atoms with Crippen LogP contribution in [-0.4, -0.2) is 21.0 Å². The van der Waals surface area contributed by atoms with Gasteiger partial charge in [0.1, 0.15) is 16.1 Å². The Balaban J connectivity index is 2.71. The summed E-state index contributed by atoms with van der Waals surface area (Å²) < 4.78 is 15.5. The van der Waals surface area contributed by atoms with Crippen molar-refractivity contribution in [2.24, 2.45) is 7.05 Å². The summed E-state index contributed by atoms with van der Waals surface area (Å²) in [6.45, 7) is 0. The van der Waals surface area contributed by atoms with Gasteiger partial charge in [0.05, 0.1) is 10.5 Å². The Morgan fingerprint density at radius 1 is 1.53 bits per heavy atom. The van der Waals surface area contributed by atoms with Crippen LogP contribution in [-0.2, 0) is 7.05 Å². The van der Waals surface area contributed by atoms with Crippen molar-refractivity contribution in [1.82, 2.24) is 9.78 Å². The predicted molar refractivity (Wildman–Crippen MR) is 68.3 cm³/mol. The van der Waals surface area contributed by atoms with Gasteiger partial charge < -0.3 is 0 Å². The Morgan fingerprint density at radius 3 is 2.79 bits per heavy atom. The highest BCUT2D eigenvalue weighted by atomic mass is 79.9. The fraction of sp³-hybridized carbons (Fsp3) is 0.0909. The van der Waals surface area contributed by atoms with Gasteiger partial charge in [-0.05, 0) is 22.0 Å². The van der Waals surface area contributed by atoms with E-state index in [9.17, 15) is 19.3 Å². The first kappa shape index (κ1) is 13.3. The van der Waals surface area contributed by atoms with E-state index in [0.29, 0.717) is 10.9 Å². The fourth-order valence-corrected chi connectivity index (χ4v) is 1.99. The van der Waals surface area contributed by atoms with Crippen LogP contribution in [0.25, 0.3) is 11.3 Å². The standard InChI is InChI=1S/C11H7BrFN3O3/c1-15-11(12)8(5-17)10(14-15)7-4-6(16(18)19)2-3-9(7)13/h2-5H,1H3.